The van der Waals surface area contributed by atoms with Crippen LogP contribution in [0.25, 0.3) is 0 Å². The Hall–Kier alpha value is -1.20. The number of hydrogen-bond acceptors (Lipinski definition) is 4. The highest BCUT2D eigenvalue weighted by Gasteiger charge is 2.26. The summed E-state index contributed by atoms with van der Waals surface area (Å²) in [6.07, 6.45) is 0. The summed E-state index contributed by atoms with van der Waals surface area (Å²) in [6.45, 7) is 13.6. The van der Waals surface area contributed by atoms with Crippen LogP contribution < -0.4 is 5.73 Å². The molecule has 0 aliphatic heterocycles. The molecule has 0 aliphatic carbocycles. The zero-order valence-corrected chi connectivity index (χ0v) is 15.6. The van der Waals surface area contributed by atoms with E-state index in [9.17, 15) is 0 Å². The number of thiazole rings is 1. The van der Waals surface area contributed by atoms with Crippen LogP contribution >= 0.6 is 11.3 Å². The molecule has 1 unspecified atom stereocenters. The molecule has 2 N–H and O–H groups in total. The largest absolute Gasteiger partial charge is 0.329 e. The fourth-order valence-corrected chi connectivity index (χ4v) is 3.49. The third kappa shape index (κ3) is 3.41. The molecule has 0 spiro atoms. The van der Waals surface area contributed by atoms with Crippen molar-refractivity contribution in [2.45, 2.75) is 58.3 Å². The summed E-state index contributed by atoms with van der Waals surface area (Å²) in [5.74, 6) is 0.106. The molecule has 0 saturated carbocycles. The maximum atomic E-state index is 6.07. The zero-order chi connectivity index (χ0) is 16.7. The monoisotopic (exact) mass is 320 g/mol. The molecule has 0 saturated heterocycles. The molecule has 1 atom stereocenters. The first-order valence-corrected chi connectivity index (χ1v) is 8.62. The van der Waals surface area contributed by atoms with Crippen LogP contribution in [0.2, 0.25) is 0 Å². The minimum absolute atomic E-state index is 0.0363. The van der Waals surface area contributed by atoms with Gasteiger partial charge >= 0.3 is 0 Å². The topological polar surface area (TPSA) is 56.7 Å². The maximum Gasteiger partial charge on any atom is 0.103 e. The molecule has 122 valence electrons. The highest BCUT2D eigenvalue weighted by atomic mass is 32.1. The summed E-state index contributed by atoms with van der Waals surface area (Å²) in [5.41, 5.74) is 9.53. The SMILES string of the molecule is Cn1nc(C(C)(C)C)cc1C(CN)c1nc(C(C)(C)C)cs1. The van der Waals surface area contributed by atoms with E-state index >= 15 is 0 Å². The highest BCUT2D eigenvalue weighted by Crippen LogP contribution is 2.32. The predicted molar refractivity (Wildman–Crippen MR) is 93.6 cm³/mol. The number of nitrogens with zero attached hydrogens (tertiary/aromatic N) is 3. The molecule has 2 aromatic heterocycles. The van der Waals surface area contributed by atoms with E-state index in [2.05, 4.69) is 58.1 Å². The van der Waals surface area contributed by atoms with Crippen LogP contribution in [0, 0.1) is 0 Å². The molecular formula is C17H28N4S. The Morgan fingerprint density at radius 1 is 1.14 bits per heavy atom. The lowest BCUT2D eigenvalue weighted by Gasteiger charge is -2.16. The summed E-state index contributed by atoms with van der Waals surface area (Å²) >= 11 is 1.70. The van der Waals surface area contributed by atoms with E-state index in [1.165, 1.54) is 0 Å². The van der Waals surface area contributed by atoms with Gasteiger partial charge in [-0.05, 0) is 6.07 Å². The van der Waals surface area contributed by atoms with E-state index in [1.807, 2.05) is 11.7 Å². The predicted octanol–water partition coefficient (Wildman–Crippen LogP) is 3.56. The van der Waals surface area contributed by atoms with E-state index in [0.29, 0.717) is 6.54 Å². The van der Waals surface area contributed by atoms with E-state index in [0.717, 1.165) is 22.1 Å². The average Bonchev–Trinajstić information content (AvgIpc) is 2.97. The van der Waals surface area contributed by atoms with Gasteiger partial charge in [0, 0.05) is 35.5 Å². The number of hydrogen-bond donors (Lipinski definition) is 1. The van der Waals surface area contributed by atoms with E-state index in [-0.39, 0.29) is 16.7 Å². The van der Waals surface area contributed by atoms with Crippen LogP contribution in [0.3, 0.4) is 0 Å². The maximum absolute atomic E-state index is 6.07. The van der Waals surface area contributed by atoms with Crippen molar-refractivity contribution in [3.8, 4) is 0 Å². The van der Waals surface area contributed by atoms with Gasteiger partial charge in [-0.25, -0.2) is 4.98 Å². The molecule has 0 amide bonds. The van der Waals surface area contributed by atoms with E-state index < -0.39 is 0 Å². The van der Waals surface area contributed by atoms with Crippen LogP contribution in [-0.4, -0.2) is 21.3 Å². The molecule has 0 fully saturated rings. The second kappa shape index (κ2) is 5.78. The van der Waals surface area contributed by atoms with Crippen LogP contribution in [0.4, 0.5) is 0 Å². The van der Waals surface area contributed by atoms with Crippen molar-refractivity contribution >= 4 is 11.3 Å². The summed E-state index contributed by atoms with van der Waals surface area (Å²) < 4.78 is 1.95. The molecule has 0 aromatic carbocycles. The van der Waals surface area contributed by atoms with Crippen molar-refractivity contribution in [2.75, 3.05) is 6.54 Å². The summed E-state index contributed by atoms with van der Waals surface area (Å²) in [7, 11) is 1.99. The molecule has 2 heterocycles. The Balaban J connectivity index is 2.41. The van der Waals surface area contributed by atoms with Crippen molar-refractivity contribution in [1.29, 1.82) is 0 Å². The van der Waals surface area contributed by atoms with Gasteiger partial charge in [-0.15, -0.1) is 11.3 Å². The van der Waals surface area contributed by atoms with Crippen LogP contribution in [-0.2, 0) is 17.9 Å². The smallest absolute Gasteiger partial charge is 0.103 e. The molecule has 2 aromatic rings. The van der Waals surface area contributed by atoms with Gasteiger partial charge in [0.1, 0.15) is 5.01 Å². The number of aryl methyl sites for hydroxylation is 1. The van der Waals surface area contributed by atoms with Crippen molar-refractivity contribution in [1.82, 2.24) is 14.8 Å². The highest BCUT2D eigenvalue weighted by molar-refractivity contribution is 7.09. The fourth-order valence-electron chi connectivity index (χ4n) is 2.31. The first-order valence-electron chi connectivity index (χ1n) is 7.74. The zero-order valence-electron chi connectivity index (χ0n) is 14.8. The van der Waals surface area contributed by atoms with Crippen molar-refractivity contribution < 1.29 is 0 Å². The van der Waals surface area contributed by atoms with Crippen molar-refractivity contribution in [3.63, 3.8) is 0 Å². The van der Waals surface area contributed by atoms with Crippen molar-refractivity contribution in [3.05, 3.63) is 33.5 Å². The van der Waals surface area contributed by atoms with Gasteiger partial charge < -0.3 is 5.73 Å². The molecule has 4 nitrogen and oxygen atoms in total. The van der Waals surface area contributed by atoms with Gasteiger partial charge in [0.2, 0.25) is 0 Å². The van der Waals surface area contributed by atoms with Gasteiger partial charge in [0.05, 0.1) is 17.3 Å². The first-order chi connectivity index (χ1) is 10.0. The van der Waals surface area contributed by atoms with Crippen molar-refractivity contribution in [2.24, 2.45) is 12.8 Å². The van der Waals surface area contributed by atoms with Crippen LogP contribution in [0.5, 0.6) is 0 Å². The Morgan fingerprint density at radius 3 is 2.14 bits per heavy atom. The molecule has 2 rings (SSSR count). The molecule has 22 heavy (non-hydrogen) atoms. The summed E-state index contributed by atoms with van der Waals surface area (Å²) in [4.78, 5) is 4.84. The second-order valence-electron chi connectivity index (χ2n) is 7.94. The Bertz CT molecular complexity index is 640. The average molecular weight is 321 g/mol. The van der Waals surface area contributed by atoms with Gasteiger partial charge in [-0.2, -0.15) is 5.10 Å². The third-order valence-electron chi connectivity index (χ3n) is 3.87. The minimum Gasteiger partial charge on any atom is -0.329 e. The van der Waals surface area contributed by atoms with Crippen LogP contribution in [0.1, 0.15) is 69.5 Å². The molecule has 5 heteroatoms. The first kappa shape index (κ1) is 17.2. The quantitative estimate of drug-likeness (QED) is 0.940. The third-order valence-corrected chi connectivity index (χ3v) is 4.82. The lowest BCUT2D eigenvalue weighted by atomic mass is 9.91. The Morgan fingerprint density at radius 2 is 1.73 bits per heavy atom. The standard InChI is InChI=1S/C17H28N4S/c1-16(2,3)13-8-12(21(7)20-13)11(9-18)15-19-14(10-22-15)17(4,5)6/h8,10-11H,9,18H2,1-7H3. The molecular weight excluding hydrogens is 292 g/mol. The molecule has 0 radical (unpaired) electrons. The van der Waals surface area contributed by atoms with Gasteiger partial charge in [0.25, 0.3) is 0 Å². The molecule has 0 aliphatic rings. The van der Waals surface area contributed by atoms with Gasteiger partial charge in [-0.3, -0.25) is 4.68 Å². The minimum atomic E-state index is 0.0363. The van der Waals surface area contributed by atoms with Gasteiger partial charge in [-0.1, -0.05) is 41.5 Å². The fraction of sp³-hybridized carbons (Fsp3) is 0.647. The normalized spacial score (nSPS) is 14.4. The second-order valence-corrected chi connectivity index (χ2v) is 8.83. The lowest BCUT2D eigenvalue weighted by molar-refractivity contribution is 0.549. The summed E-state index contributed by atoms with van der Waals surface area (Å²) in [6, 6.07) is 2.18. The number of rotatable bonds is 3. The van der Waals surface area contributed by atoms with Crippen LogP contribution in [0.15, 0.2) is 11.4 Å². The van der Waals surface area contributed by atoms with Gasteiger partial charge in [0.15, 0.2) is 0 Å². The lowest BCUT2D eigenvalue weighted by Crippen LogP contribution is -2.18. The Labute approximate surface area is 137 Å². The Kier molecular flexibility index (Phi) is 4.51. The molecule has 0 bridgehead atoms. The van der Waals surface area contributed by atoms with E-state index in [4.69, 9.17) is 10.7 Å². The number of nitrogens with two attached hydrogens (primary N) is 1. The number of aromatic nitrogens is 3. The van der Waals surface area contributed by atoms with E-state index in [1.54, 1.807) is 11.3 Å². The summed E-state index contributed by atoms with van der Waals surface area (Å²) in [5, 5.41) is 7.90.